The topological polar surface area (TPSA) is 284 Å². The first-order valence-electron chi connectivity index (χ1n) is 25.6. The van der Waals surface area contributed by atoms with E-state index in [-0.39, 0.29) is 62.0 Å². The molecule has 21 heteroatoms. The summed E-state index contributed by atoms with van der Waals surface area (Å²) in [6, 6.07) is 1.60. The predicted octanol–water partition coefficient (Wildman–Crippen LogP) is 3.57. The van der Waals surface area contributed by atoms with Crippen LogP contribution < -0.4 is 26.6 Å². The van der Waals surface area contributed by atoms with Crippen LogP contribution in [-0.4, -0.2) is 141 Å². The minimum Gasteiger partial charge on any atom is -0.502 e. The molecule has 1 aromatic heterocycles. The van der Waals surface area contributed by atoms with Crippen LogP contribution in [0.3, 0.4) is 0 Å². The molecule has 75 heavy (non-hydrogen) atoms. The van der Waals surface area contributed by atoms with Crippen LogP contribution >= 0.6 is 0 Å². The molecule has 9 atom stereocenters. The van der Waals surface area contributed by atoms with Crippen molar-refractivity contribution in [2.75, 3.05) is 20.7 Å². The first kappa shape index (κ1) is 58.7. The molecule has 5 rings (SSSR count). The molecule has 0 bridgehead atoms. The van der Waals surface area contributed by atoms with Crippen molar-refractivity contribution in [1.82, 2.24) is 41.0 Å². The van der Waals surface area contributed by atoms with Gasteiger partial charge in [0.25, 0.3) is 0 Å². The van der Waals surface area contributed by atoms with Gasteiger partial charge < -0.3 is 55.6 Å². The number of aromatic nitrogens is 1. The minimum absolute atomic E-state index is 0.0261. The number of allylic oxidation sites excluding steroid dienone is 1. The number of ether oxygens (including phenoxy) is 1. The van der Waals surface area contributed by atoms with E-state index in [9.17, 15) is 48.8 Å². The summed E-state index contributed by atoms with van der Waals surface area (Å²) in [5.74, 6) is -7.25. The van der Waals surface area contributed by atoms with Crippen molar-refractivity contribution in [3.63, 3.8) is 0 Å². The van der Waals surface area contributed by atoms with Gasteiger partial charge in [-0.3, -0.25) is 43.7 Å². The lowest BCUT2D eigenvalue weighted by Crippen LogP contribution is -2.60. The lowest BCUT2D eigenvalue weighted by molar-refractivity contribution is -0.385. The van der Waals surface area contributed by atoms with E-state index in [0.717, 1.165) is 27.9 Å². The van der Waals surface area contributed by atoms with Crippen molar-refractivity contribution in [2.45, 2.75) is 155 Å². The second kappa shape index (κ2) is 25.4. The second-order valence-corrected chi connectivity index (χ2v) is 21.3. The molecule has 2 unspecified atom stereocenters. The molecule has 0 spiro atoms. The summed E-state index contributed by atoms with van der Waals surface area (Å²) in [5.41, 5.74) is 0.510. The lowest BCUT2D eigenvalue weighted by atomic mass is 9.98. The summed E-state index contributed by atoms with van der Waals surface area (Å²) in [6.07, 6.45) is 5.30. The van der Waals surface area contributed by atoms with Crippen molar-refractivity contribution < 1.29 is 53.1 Å². The third kappa shape index (κ3) is 14.8. The SMILES string of the molecule is C/C=C/C[C@@H]1NC(=O)[C@H](CC(C)C)NC(=O)[C@H](CC(C)C=O)N(C)C(=O)[C@H](C)NC(=O)[C@H](Cc2ccc(O)c([N+](=O)[O-])c2)NC(=O)[C@H](CC(C)C)N(C)C(=O)[C@H](Cc2cn(C(C)(C)C3CO3)c3ccccc23)NC1=O. The average molecular weight is 1040 g/mol. The Balaban J connectivity index is 1.69. The maximum atomic E-state index is 15.3. The van der Waals surface area contributed by atoms with Crippen molar-refractivity contribution in [1.29, 1.82) is 0 Å². The molecule has 3 aromatic rings. The van der Waals surface area contributed by atoms with Crippen molar-refractivity contribution in [2.24, 2.45) is 17.8 Å². The first-order chi connectivity index (χ1) is 35.3. The molecule has 6 N–H and O–H groups in total. The summed E-state index contributed by atoms with van der Waals surface area (Å²) >= 11 is 0. The van der Waals surface area contributed by atoms with Gasteiger partial charge in [-0.2, -0.15) is 0 Å². The van der Waals surface area contributed by atoms with Crippen LogP contribution in [0.4, 0.5) is 5.69 Å². The van der Waals surface area contributed by atoms with Crippen molar-refractivity contribution in [3.8, 4) is 5.75 Å². The highest BCUT2D eigenvalue weighted by molar-refractivity contribution is 5.99. The number of nitro groups is 1. The number of nitro benzene ring substituents is 1. The number of amides is 7. The van der Waals surface area contributed by atoms with Crippen LogP contribution in [0.5, 0.6) is 5.75 Å². The molecule has 0 radical (unpaired) electrons. The molecule has 2 aliphatic heterocycles. The molecule has 7 amide bonds. The number of nitrogens with one attached hydrogen (secondary N) is 5. The Bertz CT molecular complexity index is 2640. The van der Waals surface area contributed by atoms with Crippen LogP contribution in [-0.2, 0) is 61.5 Å². The maximum absolute atomic E-state index is 15.3. The number of aldehydes is 1. The van der Waals surface area contributed by atoms with E-state index in [2.05, 4.69) is 31.2 Å². The van der Waals surface area contributed by atoms with Gasteiger partial charge in [0.2, 0.25) is 41.4 Å². The third-order valence-electron chi connectivity index (χ3n) is 14.0. The van der Waals surface area contributed by atoms with Gasteiger partial charge in [-0.1, -0.05) is 71.0 Å². The van der Waals surface area contributed by atoms with Crippen LogP contribution in [0, 0.1) is 27.9 Å². The minimum atomic E-state index is -1.55. The van der Waals surface area contributed by atoms with Gasteiger partial charge >= 0.3 is 5.69 Å². The zero-order valence-electron chi connectivity index (χ0n) is 44.9. The lowest BCUT2D eigenvalue weighted by Gasteiger charge is -2.33. The quantitative estimate of drug-likeness (QED) is 0.0395. The molecule has 2 saturated heterocycles. The molecule has 21 nitrogen and oxygen atoms in total. The number of fused-ring (bicyclic) bond motifs is 1. The molecule has 2 fully saturated rings. The largest absolute Gasteiger partial charge is 0.502 e. The molecular weight excluding hydrogens is 967 g/mol. The van der Waals surface area contributed by atoms with Gasteiger partial charge in [0.05, 0.1) is 17.1 Å². The normalized spacial score (nSPS) is 24.6. The summed E-state index contributed by atoms with van der Waals surface area (Å²) in [6.45, 7) is 16.6. The zero-order chi connectivity index (χ0) is 55.6. The van der Waals surface area contributed by atoms with E-state index < -0.39 is 111 Å². The summed E-state index contributed by atoms with van der Waals surface area (Å²) in [7, 11) is 2.72. The van der Waals surface area contributed by atoms with Gasteiger partial charge in [-0.15, -0.1) is 0 Å². The van der Waals surface area contributed by atoms with E-state index >= 15 is 4.79 Å². The predicted molar refractivity (Wildman–Crippen MR) is 280 cm³/mol. The van der Waals surface area contributed by atoms with E-state index in [1.807, 2.05) is 72.0 Å². The Morgan fingerprint density at radius 1 is 0.760 bits per heavy atom. The summed E-state index contributed by atoms with van der Waals surface area (Å²) in [5, 5.41) is 36.8. The number of phenols is 1. The smallest absolute Gasteiger partial charge is 0.310 e. The van der Waals surface area contributed by atoms with Gasteiger partial charge in [0.1, 0.15) is 54.7 Å². The number of likely N-dealkylation sites (N-methyl/N-ethyl adjacent to an activating group) is 2. The molecule has 2 aromatic carbocycles. The first-order valence-corrected chi connectivity index (χ1v) is 25.6. The zero-order valence-corrected chi connectivity index (χ0v) is 44.9. The van der Waals surface area contributed by atoms with Gasteiger partial charge in [-0.25, -0.2) is 0 Å². The fourth-order valence-electron chi connectivity index (χ4n) is 9.47. The summed E-state index contributed by atoms with van der Waals surface area (Å²) < 4.78 is 7.83. The number of benzene rings is 2. The number of rotatable bonds is 16. The Labute approximate surface area is 438 Å². The number of phenolic OH excluding ortho intramolecular Hbond substituents is 1. The molecule has 408 valence electrons. The third-order valence-corrected chi connectivity index (χ3v) is 14.0. The Hall–Kier alpha value is -7.16. The number of carbonyl (C=O) groups is 8. The number of hydrogen-bond donors (Lipinski definition) is 6. The fraction of sp³-hybridized carbons (Fsp3) is 0.556. The summed E-state index contributed by atoms with van der Waals surface area (Å²) in [4.78, 5) is 128. The highest BCUT2D eigenvalue weighted by atomic mass is 16.6. The Morgan fingerprint density at radius 2 is 1.32 bits per heavy atom. The van der Waals surface area contributed by atoms with Gasteiger partial charge in [-0.05, 0) is 88.5 Å². The molecule has 2 aliphatic rings. The van der Waals surface area contributed by atoms with E-state index in [1.54, 1.807) is 26.0 Å². The average Bonchev–Trinajstić information content (AvgIpc) is 4.16. The Morgan fingerprint density at radius 3 is 1.92 bits per heavy atom. The highest BCUT2D eigenvalue weighted by Gasteiger charge is 2.43. The number of para-hydroxylation sites is 1. The monoisotopic (exact) mass is 1040 g/mol. The number of epoxide rings is 1. The number of carbonyl (C=O) groups excluding carboxylic acids is 8. The fourth-order valence-corrected chi connectivity index (χ4v) is 9.47. The van der Waals surface area contributed by atoms with Crippen LogP contribution in [0.25, 0.3) is 10.9 Å². The van der Waals surface area contributed by atoms with Crippen LogP contribution in [0.15, 0.2) is 60.8 Å². The Kier molecular flexibility index (Phi) is 19.9. The van der Waals surface area contributed by atoms with E-state index in [4.69, 9.17) is 4.74 Å². The van der Waals surface area contributed by atoms with Crippen LogP contribution in [0.2, 0.25) is 0 Å². The number of aromatic hydroxyl groups is 1. The number of nitrogens with zero attached hydrogens (tertiary/aromatic N) is 4. The highest BCUT2D eigenvalue weighted by Crippen LogP contribution is 2.36. The van der Waals surface area contributed by atoms with Crippen molar-refractivity contribution >= 4 is 64.2 Å². The maximum Gasteiger partial charge on any atom is 0.310 e. The molecule has 0 aliphatic carbocycles. The van der Waals surface area contributed by atoms with Gasteiger partial charge in [0.15, 0.2) is 5.75 Å². The molecule has 3 heterocycles. The van der Waals surface area contributed by atoms with Crippen LogP contribution in [0.1, 0.15) is 99.1 Å². The standard InChI is InChI=1S/C54H75N9O12/c1-12-13-17-37-47(66)59-40(26-35-27-62(54(8,9)46-29-75-46)41-18-15-14-16-36(35)41)53(72)61(11)43(22-31(4)5)50(69)58-39(24-34-19-20-45(65)42(25-34)63(73)74)48(67)55-33(7)52(71)60(10)44(23-32(6)28-64)51(70)57-38(21-30(2)3)49(68)56-37/h12-16,18-20,25,27-28,30-33,37-40,43-44,46,65H,17,21-24,26,29H2,1-11H3,(H,55,67)(H,56,68)(H,57,70)(H,58,69)(H,59,66)/b13-12+/t32?,33-,37-,38-,39-,40-,43-,44-,46?/m0/s1. The second-order valence-electron chi connectivity index (χ2n) is 21.3. The van der Waals surface area contributed by atoms with E-state index in [0.29, 0.717) is 18.5 Å². The number of hydrogen-bond acceptors (Lipinski definition) is 12. The van der Waals surface area contributed by atoms with Gasteiger partial charge in [0, 0.05) is 56.0 Å². The van der Waals surface area contributed by atoms with E-state index in [1.165, 1.54) is 32.0 Å². The van der Waals surface area contributed by atoms with Crippen molar-refractivity contribution in [3.05, 3.63) is 82.1 Å². The molecular formula is C54H75N9O12. The molecule has 0 saturated carbocycles.